The number of nitrogens with zero attached hydrogens (tertiary/aromatic N) is 2. The van der Waals surface area contributed by atoms with Crippen molar-refractivity contribution in [1.29, 1.82) is 0 Å². The molecule has 1 aliphatic carbocycles. The molecule has 1 fully saturated rings. The van der Waals surface area contributed by atoms with Gasteiger partial charge in [-0.15, -0.1) is 0 Å². The van der Waals surface area contributed by atoms with Crippen LogP contribution in [0.3, 0.4) is 0 Å². The van der Waals surface area contributed by atoms with Gasteiger partial charge in [0.25, 0.3) is 0 Å². The zero-order valence-electron chi connectivity index (χ0n) is 15.4. The van der Waals surface area contributed by atoms with Gasteiger partial charge in [0, 0.05) is 29.0 Å². The maximum atomic E-state index is 13.0. The van der Waals surface area contributed by atoms with E-state index in [2.05, 4.69) is 15.3 Å². The summed E-state index contributed by atoms with van der Waals surface area (Å²) >= 11 is 0. The molecule has 3 aromatic rings. The number of halogens is 4. The maximum Gasteiger partial charge on any atom is 0.394 e. The van der Waals surface area contributed by atoms with Crippen molar-refractivity contribution in [2.75, 3.05) is 5.32 Å². The van der Waals surface area contributed by atoms with Crippen molar-refractivity contribution in [2.24, 2.45) is 5.92 Å². The summed E-state index contributed by atoms with van der Waals surface area (Å²) in [6, 6.07) is 8.67. The average Bonchev–Trinajstić information content (AvgIpc) is 3.37. The van der Waals surface area contributed by atoms with Crippen molar-refractivity contribution in [3.05, 3.63) is 54.0 Å². The number of hydrogen-bond donors (Lipinski definition) is 1. The number of anilines is 1. The molecule has 150 valence electrons. The minimum Gasteiger partial charge on any atom is -0.310 e. The lowest BCUT2D eigenvalue weighted by molar-refractivity contribution is -0.127. The van der Waals surface area contributed by atoms with Crippen LogP contribution < -0.4 is 5.32 Å². The molecule has 1 N–H and O–H groups in total. The van der Waals surface area contributed by atoms with E-state index in [9.17, 15) is 22.4 Å². The third-order valence-electron chi connectivity index (χ3n) is 4.88. The van der Waals surface area contributed by atoms with Gasteiger partial charge in [0.2, 0.25) is 5.91 Å². The van der Waals surface area contributed by atoms with E-state index in [1.807, 2.05) is 18.2 Å². The smallest absolute Gasteiger partial charge is 0.310 e. The van der Waals surface area contributed by atoms with Crippen LogP contribution in [0.5, 0.6) is 0 Å². The molecule has 0 saturated heterocycles. The van der Waals surface area contributed by atoms with Gasteiger partial charge in [-0.1, -0.05) is 12.1 Å². The number of pyridine rings is 2. The Balaban J connectivity index is 1.57. The predicted octanol–water partition coefficient (Wildman–Crippen LogP) is 5.01. The third-order valence-corrected chi connectivity index (χ3v) is 4.88. The van der Waals surface area contributed by atoms with E-state index < -0.39 is 24.7 Å². The van der Waals surface area contributed by atoms with Crippen molar-refractivity contribution in [1.82, 2.24) is 9.97 Å². The predicted molar refractivity (Wildman–Crippen MR) is 101 cm³/mol. The van der Waals surface area contributed by atoms with Gasteiger partial charge in [-0.2, -0.15) is 13.2 Å². The minimum absolute atomic E-state index is 0.0206. The maximum absolute atomic E-state index is 13.0. The zero-order chi connectivity index (χ0) is 20.8. The highest BCUT2D eigenvalue weighted by molar-refractivity contribution is 5.96. The Morgan fingerprint density at radius 1 is 1.14 bits per heavy atom. The van der Waals surface area contributed by atoms with E-state index in [0.717, 1.165) is 21.9 Å². The molecule has 1 aromatic carbocycles. The number of aryl methyl sites for hydroxylation is 1. The molecule has 0 unspecified atom stereocenters. The molecule has 0 spiro atoms. The van der Waals surface area contributed by atoms with Gasteiger partial charge in [0.05, 0.1) is 12.3 Å². The van der Waals surface area contributed by atoms with E-state index in [1.165, 1.54) is 12.3 Å². The number of nitrogens with one attached hydrogen (secondary N) is 1. The largest absolute Gasteiger partial charge is 0.394 e. The zero-order valence-corrected chi connectivity index (χ0v) is 15.4. The minimum atomic E-state index is -4.30. The van der Waals surface area contributed by atoms with E-state index in [4.69, 9.17) is 0 Å². The fourth-order valence-corrected chi connectivity index (χ4v) is 3.25. The summed E-state index contributed by atoms with van der Waals surface area (Å²) in [6.07, 6.45) is -3.14. The van der Waals surface area contributed by atoms with Crippen LogP contribution in [0.1, 0.15) is 17.7 Å². The monoisotopic (exact) mass is 403 g/mol. The molecule has 2 atom stereocenters. The molecular weight excluding hydrogens is 386 g/mol. The number of alkyl halides is 4. The first-order valence-corrected chi connectivity index (χ1v) is 9.07. The summed E-state index contributed by atoms with van der Waals surface area (Å²) in [5.74, 6) is -0.615. The van der Waals surface area contributed by atoms with Crippen LogP contribution in [0, 0.1) is 12.8 Å². The van der Waals surface area contributed by atoms with Gasteiger partial charge in [0.1, 0.15) is 12.0 Å². The van der Waals surface area contributed by atoms with E-state index in [0.29, 0.717) is 11.4 Å². The number of carbonyl (C=O) groups is 1. The van der Waals surface area contributed by atoms with Crippen LogP contribution in [0.4, 0.5) is 23.4 Å². The van der Waals surface area contributed by atoms with Gasteiger partial charge in [-0.25, -0.2) is 9.37 Å². The molecule has 1 aliphatic rings. The highest BCUT2D eigenvalue weighted by Crippen LogP contribution is 2.35. The van der Waals surface area contributed by atoms with Gasteiger partial charge in [-0.05, 0) is 48.1 Å². The summed E-state index contributed by atoms with van der Waals surface area (Å²) < 4.78 is 50.7. The second-order valence-corrected chi connectivity index (χ2v) is 7.26. The molecule has 2 aromatic heterocycles. The number of fused-ring (bicyclic) bond motifs is 1. The van der Waals surface area contributed by atoms with Crippen LogP contribution >= 0.6 is 0 Å². The van der Waals surface area contributed by atoms with Gasteiger partial charge in [0.15, 0.2) is 0 Å². The first-order chi connectivity index (χ1) is 13.7. The molecule has 0 bridgehead atoms. The van der Waals surface area contributed by atoms with Gasteiger partial charge < -0.3 is 5.32 Å². The number of amides is 1. The number of hydrogen-bond acceptors (Lipinski definition) is 3. The molecule has 4 nitrogen and oxygen atoms in total. The lowest BCUT2D eigenvalue weighted by atomic mass is 9.99. The van der Waals surface area contributed by atoms with Crippen LogP contribution in [0.2, 0.25) is 0 Å². The molecular formula is C21H17F4N3O. The Kier molecular flexibility index (Phi) is 4.72. The normalized spacial score (nSPS) is 18.7. The number of aromatic nitrogens is 2. The second-order valence-electron chi connectivity index (χ2n) is 7.26. The highest BCUT2D eigenvalue weighted by atomic mass is 19.4. The standard InChI is InChI=1S/C21H17F4N3O/c1-11-4-15(8-21(23,24)25)26-10-17(11)13-3-2-12-6-19(27-9-14(12)5-13)28-20(29)16-7-18(16)22/h2-6,9-10,16,18H,7-8H2,1H3,(H,27,28,29)/t16-,18+/m1/s1. The van der Waals surface area contributed by atoms with Crippen LogP contribution in [0.25, 0.3) is 21.9 Å². The molecule has 0 radical (unpaired) electrons. The fraction of sp³-hybridized carbons (Fsp3) is 0.286. The molecule has 8 heteroatoms. The first kappa shape index (κ1) is 19.3. The Morgan fingerprint density at radius 3 is 2.55 bits per heavy atom. The van der Waals surface area contributed by atoms with Crippen LogP contribution in [-0.4, -0.2) is 28.2 Å². The molecule has 29 heavy (non-hydrogen) atoms. The van der Waals surface area contributed by atoms with Crippen molar-refractivity contribution < 1.29 is 22.4 Å². The lowest BCUT2D eigenvalue weighted by Crippen LogP contribution is -2.15. The van der Waals surface area contributed by atoms with E-state index in [1.54, 1.807) is 19.2 Å². The fourth-order valence-electron chi connectivity index (χ4n) is 3.25. The van der Waals surface area contributed by atoms with E-state index >= 15 is 0 Å². The Labute approximate surface area is 164 Å². The molecule has 2 heterocycles. The number of benzene rings is 1. The molecule has 1 amide bonds. The Bertz CT molecular complexity index is 1100. The van der Waals surface area contributed by atoms with Crippen molar-refractivity contribution >= 4 is 22.5 Å². The summed E-state index contributed by atoms with van der Waals surface area (Å²) in [7, 11) is 0. The Morgan fingerprint density at radius 2 is 1.90 bits per heavy atom. The molecule has 0 aliphatic heterocycles. The Hall–Kier alpha value is -3.03. The van der Waals surface area contributed by atoms with E-state index in [-0.39, 0.29) is 18.0 Å². The van der Waals surface area contributed by atoms with Gasteiger partial charge >= 0.3 is 6.18 Å². The third kappa shape index (κ3) is 4.36. The summed E-state index contributed by atoms with van der Waals surface area (Å²) in [6.45, 7) is 1.74. The lowest BCUT2D eigenvalue weighted by Gasteiger charge is -2.11. The second kappa shape index (κ2) is 7.09. The summed E-state index contributed by atoms with van der Waals surface area (Å²) in [5, 5.41) is 4.24. The molecule has 1 saturated carbocycles. The number of rotatable bonds is 4. The topological polar surface area (TPSA) is 54.9 Å². The van der Waals surface area contributed by atoms with Gasteiger partial charge in [-0.3, -0.25) is 9.78 Å². The average molecular weight is 403 g/mol. The number of carbonyl (C=O) groups excluding carboxylic acids is 1. The summed E-state index contributed by atoms with van der Waals surface area (Å²) in [4.78, 5) is 20.0. The SMILES string of the molecule is Cc1cc(CC(F)(F)F)ncc1-c1ccc2cc(NC(=O)[C@@H]3C[C@@H]3F)ncc2c1. The summed E-state index contributed by atoms with van der Waals surface area (Å²) in [5.41, 5.74) is 2.21. The van der Waals surface area contributed by atoms with Crippen LogP contribution in [-0.2, 0) is 11.2 Å². The van der Waals surface area contributed by atoms with Crippen molar-refractivity contribution in [2.45, 2.75) is 32.1 Å². The molecule has 4 rings (SSSR count). The van der Waals surface area contributed by atoms with Crippen molar-refractivity contribution in [3.8, 4) is 11.1 Å². The first-order valence-electron chi connectivity index (χ1n) is 9.07. The quantitative estimate of drug-likeness (QED) is 0.624. The highest BCUT2D eigenvalue weighted by Gasteiger charge is 2.43. The van der Waals surface area contributed by atoms with Crippen LogP contribution in [0.15, 0.2) is 42.7 Å². The van der Waals surface area contributed by atoms with Crippen molar-refractivity contribution in [3.63, 3.8) is 0 Å².